The Balaban J connectivity index is 1.39. The second-order valence-corrected chi connectivity index (χ2v) is 9.10. The molecule has 0 radical (unpaired) electrons. The fourth-order valence-electron chi connectivity index (χ4n) is 3.56. The number of nitrogens with two attached hydrogens (primary N) is 1. The highest BCUT2D eigenvalue weighted by Crippen LogP contribution is 2.41. The van der Waals surface area contributed by atoms with Crippen LogP contribution >= 0.6 is 23.4 Å². The number of hydrogen-bond donors (Lipinski definition) is 2. The zero-order valence-corrected chi connectivity index (χ0v) is 19.1. The molecule has 2 amide bonds. The summed E-state index contributed by atoms with van der Waals surface area (Å²) in [4.78, 5) is 49.6. The SMILES string of the molecule is NC(C(=O)NC1C(=O)N2C(C(=O)OCc3ccc([N+](=O)[O-])cc3)=C(Cl)CS[C@@H]12)c1ccccc1. The highest BCUT2D eigenvalue weighted by atomic mass is 35.5. The number of nitrogens with zero attached hydrogens (tertiary/aromatic N) is 2. The van der Waals surface area contributed by atoms with E-state index in [4.69, 9.17) is 22.1 Å². The van der Waals surface area contributed by atoms with Crippen molar-refractivity contribution in [2.45, 2.75) is 24.1 Å². The van der Waals surface area contributed by atoms with Gasteiger partial charge < -0.3 is 15.8 Å². The van der Waals surface area contributed by atoms with E-state index in [2.05, 4.69) is 5.32 Å². The molecule has 2 aromatic carbocycles. The summed E-state index contributed by atoms with van der Waals surface area (Å²) in [7, 11) is 0. The second kappa shape index (κ2) is 9.84. The third kappa shape index (κ3) is 4.63. The molecular formula is C22H19ClN4O6S. The van der Waals surface area contributed by atoms with Gasteiger partial charge in [0.25, 0.3) is 11.6 Å². The van der Waals surface area contributed by atoms with Gasteiger partial charge in [-0.2, -0.15) is 0 Å². The Bertz CT molecular complexity index is 1170. The van der Waals surface area contributed by atoms with Crippen LogP contribution in [-0.4, -0.2) is 44.8 Å². The van der Waals surface area contributed by atoms with Crippen LogP contribution in [0.1, 0.15) is 17.2 Å². The molecule has 0 saturated carbocycles. The van der Waals surface area contributed by atoms with Crippen LogP contribution < -0.4 is 11.1 Å². The smallest absolute Gasteiger partial charge is 0.356 e. The summed E-state index contributed by atoms with van der Waals surface area (Å²) in [6, 6.07) is 12.5. The van der Waals surface area contributed by atoms with E-state index in [-0.39, 0.29) is 28.8 Å². The molecule has 0 bridgehead atoms. The molecule has 12 heteroatoms. The second-order valence-electron chi connectivity index (χ2n) is 7.54. The van der Waals surface area contributed by atoms with Crippen LogP contribution in [0.25, 0.3) is 0 Å². The molecule has 3 atom stereocenters. The topological polar surface area (TPSA) is 145 Å². The fourth-order valence-corrected chi connectivity index (χ4v) is 5.10. The summed E-state index contributed by atoms with van der Waals surface area (Å²) in [5, 5.41) is 13.1. The fraction of sp³-hybridized carbons (Fsp3) is 0.227. The Morgan fingerprint density at radius 1 is 1.24 bits per heavy atom. The number of thioether (sulfide) groups is 1. The Labute approximate surface area is 203 Å². The quantitative estimate of drug-likeness (QED) is 0.253. The molecule has 2 unspecified atom stereocenters. The first kappa shape index (κ1) is 23.7. The first-order valence-electron chi connectivity index (χ1n) is 10.1. The molecule has 176 valence electrons. The van der Waals surface area contributed by atoms with Gasteiger partial charge in [0.1, 0.15) is 29.8 Å². The molecule has 10 nitrogen and oxygen atoms in total. The monoisotopic (exact) mass is 502 g/mol. The van der Waals surface area contributed by atoms with Crippen LogP contribution in [-0.2, 0) is 25.7 Å². The number of rotatable bonds is 7. The minimum Gasteiger partial charge on any atom is -0.456 e. The van der Waals surface area contributed by atoms with Gasteiger partial charge in [-0.15, -0.1) is 11.8 Å². The van der Waals surface area contributed by atoms with Crippen molar-refractivity contribution in [3.05, 3.63) is 86.6 Å². The molecule has 3 N–H and O–H groups in total. The summed E-state index contributed by atoms with van der Waals surface area (Å²) in [5.74, 6) is -1.54. The number of nitro benzene ring substituents is 1. The van der Waals surface area contributed by atoms with Gasteiger partial charge in [-0.05, 0) is 23.3 Å². The molecule has 0 aromatic heterocycles. The van der Waals surface area contributed by atoms with Gasteiger partial charge in [0.15, 0.2) is 0 Å². The number of amides is 2. The molecule has 2 aromatic rings. The number of halogens is 1. The third-order valence-corrected chi connectivity index (χ3v) is 7.12. The first-order chi connectivity index (χ1) is 16.3. The zero-order chi connectivity index (χ0) is 24.4. The van der Waals surface area contributed by atoms with Gasteiger partial charge >= 0.3 is 5.97 Å². The number of nitro groups is 1. The maximum atomic E-state index is 12.8. The molecule has 2 aliphatic rings. The average molecular weight is 503 g/mol. The van der Waals surface area contributed by atoms with E-state index in [0.29, 0.717) is 11.1 Å². The number of fused-ring (bicyclic) bond motifs is 1. The van der Waals surface area contributed by atoms with Crippen LogP contribution in [0.15, 0.2) is 65.3 Å². The van der Waals surface area contributed by atoms with Crippen LogP contribution in [0.5, 0.6) is 0 Å². The van der Waals surface area contributed by atoms with Gasteiger partial charge in [-0.25, -0.2) is 4.79 Å². The number of non-ortho nitro benzene ring substituents is 1. The Morgan fingerprint density at radius 3 is 2.56 bits per heavy atom. The summed E-state index contributed by atoms with van der Waals surface area (Å²) in [5.41, 5.74) is 7.00. The lowest BCUT2D eigenvalue weighted by molar-refractivity contribution is -0.384. The zero-order valence-electron chi connectivity index (χ0n) is 17.5. The van der Waals surface area contributed by atoms with E-state index >= 15 is 0 Å². The average Bonchev–Trinajstić information content (AvgIpc) is 2.85. The summed E-state index contributed by atoms with van der Waals surface area (Å²) >= 11 is 7.55. The molecule has 2 aliphatic heterocycles. The summed E-state index contributed by atoms with van der Waals surface area (Å²) < 4.78 is 5.29. The number of β-lactam (4-membered cyclic amide) rings is 1. The van der Waals surface area contributed by atoms with Crippen molar-refractivity contribution in [1.82, 2.24) is 10.2 Å². The predicted octanol–water partition coefficient (Wildman–Crippen LogP) is 2.19. The number of esters is 1. The number of carbonyl (C=O) groups excluding carboxylic acids is 3. The van der Waals surface area contributed by atoms with Crippen LogP contribution in [0.3, 0.4) is 0 Å². The maximum absolute atomic E-state index is 12.8. The normalized spacial score (nSPS) is 20.2. The van der Waals surface area contributed by atoms with E-state index in [1.165, 1.54) is 40.9 Å². The highest BCUT2D eigenvalue weighted by molar-refractivity contribution is 8.00. The largest absolute Gasteiger partial charge is 0.456 e. The van der Waals surface area contributed by atoms with Gasteiger partial charge in [0, 0.05) is 17.9 Å². The molecule has 0 aliphatic carbocycles. The van der Waals surface area contributed by atoms with Gasteiger partial charge in [0.2, 0.25) is 5.91 Å². The minimum atomic E-state index is -0.943. The third-order valence-electron chi connectivity index (χ3n) is 5.37. The molecule has 34 heavy (non-hydrogen) atoms. The molecule has 1 saturated heterocycles. The van der Waals surface area contributed by atoms with Crippen LogP contribution in [0, 0.1) is 10.1 Å². The van der Waals surface area contributed by atoms with Crippen LogP contribution in [0.4, 0.5) is 5.69 Å². The predicted molar refractivity (Wildman–Crippen MR) is 124 cm³/mol. The van der Waals surface area contributed by atoms with Crippen molar-refractivity contribution in [3.8, 4) is 0 Å². The molecule has 2 heterocycles. The van der Waals surface area contributed by atoms with E-state index in [1.807, 2.05) is 0 Å². The summed E-state index contributed by atoms with van der Waals surface area (Å²) in [6.45, 7) is -0.156. The minimum absolute atomic E-state index is 0.0739. The van der Waals surface area contributed by atoms with E-state index in [9.17, 15) is 24.5 Å². The van der Waals surface area contributed by atoms with Gasteiger partial charge in [0.05, 0.1) is 9.96 Å². The molecule has 0 spiro atoms. The number of ether oxygens (including phenoxy) is 1. The van der Waals surface area contributed by atoms with E-state index in [1.54, 1.807) is 30.3 Å². The van der Waals surface area contributed by atoms with Gasteiger partial charge in [-0.1, -0.05) is 41.9 Å². The lowest BCUT2D eigenvalue weighted by atomic mass is 10.0. The lowest BCUT2D eigenvalue weighted by Gasteiger charge is -2.49. The van der Waals surface area contributed by atoms with E-state index in [0.717, 1.165) is 0 Å². The van der Waals surface area contributed by atoms with Crippen molar-refractivity contribution in [1.29, 1.82) is 0 Å². The Morgan fingerprint density at radius 2 is 1.91 bits per heavy atom. The van der Waals surface area contributed by atoms with Crippen molar-refractivity contribution in [3.63, 3.8) is 0 Å². The van der Waals surface area contributed by atoms with Crippen molar-refractivity contribution in [2.75, 3.05) is 5.75 Å². The highest BCUT2D eigenvalue weighted by Gasteiger charge is 2.54. The number of carbonyl (C=O) groups is 3. The number of hydrogen-bond acceptors (Lipinski definition) is 8. The van der Waals surface area contributed by atoms with Crippen molar-refractivity contribution < 1.29 is 24.0 Å². The molecule has 4 rings (SSSR count). The first-order valence-corrected chi connectivity index (χ1v) is 11.5. The van der Waals surface area contributed by atoms with Crippen molar-refractivity contribution in [2.24, 2.45) is 5.73 Å². The van der Waals surface area contributed by atoms with E-state index < -0.39 is 40.2 Å². The molecular weight excluding hydrogens is 484 g/mol. The standard InChI is InChI=1S/C22H19ClN4O6S/c23-15-11-34-21-17(25-19(28)16(24)13-4-2-1-3-5-13)20(29)26(21)18(15)22(30)33-10-12-6-8-14(9-7-12)27(31)32/h1-9,16-17,21H,10-11,24H2,(H,25,28)/t16?,17?,21-/m0/s1. The maximum Gasteiger partial charge on any atom is 0.356 e. The van der Waals surface area contributed by atoms with Gasteiger partial charge in [-0.3, -0.25) is 24.6 Å². The number of nitrogens with one attached hydrogen (secondary N) is 1. The Hall–Kier alpha value is -3.41. The lowest BCUT2D eigenvalue weighted by Crippen LogP contribution is -2.71. The van der Waals surface area contributed by atoms with Crippen LogP contribution in [0.2, 0.25) is 0 Å². The summed E-state index contributed by atoms with van der Waals surface area (Å²) in [6.07, 6.45) is 0. The molecule has 1 fully saturated rings. The van der Waals surface area contributed by atoms with Crippen molar-refractivity contribution >= 4 is 46.8 Å². The number of benzene rings is 2. The Kier molecular flexibility index (Phi) is 6.87.